The standard InChI is InChI=1S/C15H20N2O5S/c1-10-3-6-13(7-11(10)2)23(20,21)16-8-15(19)22-9-14(18)17-12-4-5-12/h3,6-7,12,16H,4-5,8-9H2,1-2H3,(H,17,18). The van der Waals surface area contributed by atoms with Crippen molar-refractivity contribution in [3.63, 3.8) is 0 Å². The fourth-order valence-corrected chi connectivity index (χ4v) is 2.87. The van der Waals surface area contributed by atoms with Crippen LogP contribution in [0.1, 0.15) is 24.0 Å². The zero-order chi connectivity index (χ0) is 17.0. The van der Waals surface area contributed by atoms with E-state index < -0.39 is 29.1 Å². The lowest BCUT2D eigenvalue weighted by Gasteiger charge is -2.09. The molecular formula is C15H20N2O5S. The minimum Gasteiger partial charge on any atom is -0.455 e. The number of hydrogen-bond acceptors (Lipinski definition) is 5. The van der Waals surface area contributed by atoms with Gasteiger partial charge in [0.1, 0.15) is 6.54 Å². The molecule has 7 nitrogen and oxygen atoms in total. The van der Waals surface area contributed by atoms with Crippen LogP contribution in [0.2, 0.25) is 0 Å². The molecule has 0 saturated heterocycles. The lowest BCUT2D eigenvalue weighted by molar-refractivity contribution is -0.147. The third-order valence-corrected chi connectivity index (χ3v) is 4.90. The van der Waals surface area contributed by atoms with E-state index in [0.717, 1.165) is 24.0 Å². The Morgan fingerprint density at radius 2 is 1.91 bits per heavy atom. The number of rotatable bonds is 7. The molecule has 1 saturated carbocycles. The Bertz CT molecular complexity index is 711. The first-order chi connectivity index (χ1) is 10.8. The number of sulfonamides is 1. The Labute approximate surface area is 135 Å². The molecule has 0 atom stereocenters. The molecule has 23 heavy (non-hydrogen) atoms. The van der Waals surface area contributed by atoms with Gasteiger partial charge in [-0.3, -0.25) is 9.59 Å². The first-order valence-corrected chi connectivity index (χ1v) is 8.78. The van der Waals surface area contributed by atoms with Crippen molar-refractivity contribution in [1.29, 1.82) is 0 Å². The molecule has 0 aromatic heterocycles. The van der Waals surface area contributed by atoms with Gasteiger partial charge in [0, 0.05) is 6.04 Å². The molecule has 126 valence electrons. The average Bonchev–Trinajstić information content (AvgIpc) is 3.29. The fraction of sp³-hybridized carbons (Fsp3) is 0.467. The van der Waals surface area contributed by atoms with Gasteiger partial charge in [-0.15, -0.1) is 0 Å². The van der Waals surface area contributed by atoms with E-state index in [1.807, 2.05) is 6.92 Å². The van der Waals surface area contributed by atoms with E-state index in [9.17, 15) is 18.0 Å². The molecule has 1 amide bonds. The number of ether oxygens (including phenoxy) is 1. The Morgan fingerprint density at radius 3 is 2.52 bits per heavy atom. The summed E-state index contributed by atoms with van der Waals surface area (Å²) < 4.78 is 31.1. The molecule has 0 aliphatic heterocycles. The molecule has 2 rings (SSSR count). The smallest absolute Gasteiger partial charge is 0.321 e. The van der Waals surface area contributed by atoms with Crippen LogP contribution in [0, 0.1) is 13.8 Å². The predicted molar refractivity (Wildman–Crippen MR) is 83.2 cm³/mol. The van der Waals surface area contributed by atoms with Gasteiger partial charge in [-0.1, -0.05) is 6.07 Å². The number of benzene rings is 1. The molecule has 1 aromatic rings. The lowest BCUT2D eigenvalue weighted by Crippen LogP contribution is -2.34. The lowest BCUT2D eigenvalue weighted by atomic mass is 10.1. The van der Waals surface area contributed by atoms with Gasteiger partial charge < -0.3 is 10.1 Å². The van der Waals surface area contributed by atoms with Crippen molar-refractivity contribution < 1.29 is 22.7 Å². The quantitative estimate of drug-likeness (QED) is 0.700. The third-order valence-electron chi connectivity index (χ3n) is 3.50. The Hall–Kier alpha value is -1.93. The number of hydrogen-bond donors (Lipinski definition) is 2. The van der Waals surface area contributed by atoms with E-state index >= 15 is 0 Å². The Morgan fingerprint density at radius 1 is 1.22 bits per heavy atom. The molecule has 1 fully saturated rings. The summed E-state index contributed by atoms with van der Waals surface area (Å²) in [6.45, 7) is 2.76. The molecule has 0 unspecified atom stereocenters. The predicted octanol–water partition coefficient (Wildman–Crippen LogP) is 0.404. The van der Waals surface area contributed by atoms with Crippen LogP contribution in [0.25, 0.3) is 0 Å². The second-order valence-electron chi connectivity index (χ2n) is 5.57. The molecule has 0 spiro atoms. The van der Waals surface area contributed by atoms with Crippen molar-refractivity contribution in [3.05, 3.63) is 29.3 Å². The van der Waals surface area contributed by atoms with E-state index in [2.05, 4.69) is 10.0 Å². The van der Waals surface area contributed by atoms with Crippen LogP contribution in [0.4, 0.5) is 0 Å². The number of nitrogens with one attached hydrogen (secondary N) is 2. The van der Waals surface area contributed by atoms with Gasteiger partial charge in [0.15, 0.2) is 6.61 Å². The first-order valence-electron chi connectivity index (χ1n) is 7.30. The zero-order valence-corrected chi connectivity index (χ0v) is 13.9. The average molecular weight is 340 g/mol. The summed E-state index contributed by atoms with van der Waals surface area (Å²) in [6, 6.07) is 4.89. The summed E-state index contributed by atoms with van der Waals surface area (Å²) >= 11 is 0. The Kier molecular flexibility index (Phi) is 5.38. The van der Waals surface area contributed by atoms with Crippen LogP contribution >= 0.6 is 0 Å². The van der Waals surface area contributed by atoms with E-state index in [1.165, 1.54) is 12.1 Å². The molecule has 1 aliphatic rings. The third kappa shape index (κ3) is 5.33. The van der Waals surface area contributed by atoms with Crippen molar-refractivity contribution in [2.45, 2.75) is 37.6 Å². The highest BCUT2D eigenvalue weighted by Gasteiger charge is 2.23. The molecule has 0 bridgehead atoms. The number of amides is 1. The van der Waals surface area contributed by atoms with Crippen LogP contribution < -0.4 is 10.0 Å². The number of carbonyl (C=O) groups is 2. The van der Waals surface area contributed by atoms with Crippen LogP contribution in [0.15, 0.2) is 23.1 Å². The van der Waals surface area contributed by atoms with Crippen LogP contribution in [-0.4, -0.2) is 39.5 Å². The molecule has 0 radical (unpaired) electrons. The van der Waals surface area contributed by atoms with Gasteiger partial charge >= 0.3 is 5.97 Å². The minimum absolute atomic E-state index is 0.0832. The maximum absolute atomic E-state index is 12.1. The fourth-order valence-electron chi connectivity index (χ4n) is 1.81. The van der Waals surface area contributed by atoms with Crippen molar-refractivity contribution in [1.82, 2.24) is 10.0 Å². The molecule has 1 aliphatic carbocycles. The molecule has 8 heteroatoms. The second-order valence-corrected chi connectivity index (χ2v) is 7.34. The monoisotopic (exact) mass is 340 g/mol. The highest BCUT2D eigenvalue weighted by molar-refractivity contribution is 7.89. The van der Waals surface area contributed by atoms with Gasteiger partial charge in [0.05, 0.1) is 4.90 Å². The molecule has 0 heterocycles. The van der Waals surface area contributed by atoms with Gasteiger partial charge in [-0.2, -0.15) is 4.72 Å². The Balaban J connectivity index is 1.81. The first kappa shape index (κ1) is 17.4. The van der Waals surface area contributed by atoms with Crippen LogP contribution in [-0.2, 0) is 24.3 Å². The number of carbonyl (C=O) groups excluding carboxylic acids is 2. The van der Waals surface area contributed by atoms with Gasteiger partial charge in [-0.25, -0.2) is 8.42 Å². The summed E-state index contributed by atoms with van der Waals surface area (Å²) in [7, 11) is -3.79. The topological polar surface area (TPSA) is 102 Å². The van der Waals surface area contributed by atoms with E-state index in [-0.39, 0.29) is 16.8 Å². The highest BCUT2D eigenvalue weighted by atomic mass is 32.2. The van der Waals surface area contributed by atoms with Gasteiger partial charge in [-0.05, 0) is 49.9 Å². The van der Waals surface area contributed by atoms with Crippen molar-refractivity contribution >= 4 is 21.9 Å². The highest BCUT2D eigenvalue weighted by Crippen LogP contribution is 2.18. The van der Waals surface area contributed by atoms with Crippen molar-refractivity contribution in [3.8, 4) is 0 Å². The summed E-state index contributed by atoms with van der Waals surface area (Å²) in [5.41, 5.74) is 1.82. The maximum Gasteiger partial charge on any atom is 0.321 e. The van der Waals surface area contributed by atoms with E-state index in [4.69, 9.17) is 4.74 Å². The maximum atomic E-state index is 12.1. The molecular weight excluding hydrogens is 320 g/mol. The van der Waals surface area contributed by atoms with E-state index in [0.29, 0.717) is 0 Å². The van der Waals surface area contributed by atoms with Gasteiger partial charge in [0.2, 0.25) is 10.0 Å². The van der Waals surface area contributed by atoms with Gasteiger partial charge in [0.25, 0.3) is 5.91 Å². The number of esters is 1. The SMILES string of the molecule is Cc1ccc(S(=O)(=O)NCC(=O)OCC(=O)NC2CC2)cc1C. The van der Waals surface area contributed by atoms with Crippen molar-refractivity contribution in [2.75, 3.05) is 13.2 Å². The molecule has 2 N–H and O–H groups in total. The number of aryl methyl sites for hydroxylation is 2. The summed E-state index contributed by atoms with van der Waals surface area (Å²) in [5, 5.41) is 2.66. The largest absolute Gasteiger partial charge is 0.455 e. The normalized spacial score (nSPS) is 14.3. The van der Waals surface area contributed by atoms with Crippen LogP contribution in [0.5, 0.6) is 0 Å². The zero-order valence-electron chi connectivity index (χ0n) is 13.1. The van der Waals surface area contributed by atoms with Crippen molar-refractivity contribution in [2.24, 2.45) is 0 Å². The van der Waals surface area contributed by atoms with Crippen LogP contribution in [0.3, 0.4) is 0 Å². The summed E-state index contributed by atoms with van der Waals surface area (Å²) in [6.07, 6.45) is 1.88. The summed E-state index contributed by atoms with van der Waals surface area (Å²) in [4.78, 5) is 23.0. The molecule has 1 aromatic carbocycles. The summed E-state index contributed by atoms with van der Waals surface area (Å²) in [5.74, 6) is -1.18. The van der Waals surface area contributed by atoms with E-state index in [1.54, 1.807) is 13.0 Å². The minimum atomic E-state index is -3.79. The second kappa shape index (κ2) is 7.10.